The number of thiazole rings is 1. The maximum Gasteiger partial charge on any atom is 0.251 e. The topological polar surface area (TPSA) is 80.9 Å². The van der Waals surface area contributed by atoms with Gasteiger partial charge in [0.15, 0.2) is 0 Å². The van der Waals surface area contributed by atoms with Crippen LogP contribution in [0, 0.1) is 0 Å². The Morgan fingerprint density at radius 3 is 2.73 bits per heavy atom. The van der Waals surface area contributed by atoms with Gasteiger partial charge < -0.3 is 11.1 Å². The van der Waals surface area contributed by atoms with Crippen LogP contribution >= 0.6 is 11.3 Å². The third-order valence-electron chi connectivity index (χ3n) is 4.13. The van der Waals surface area contributed by atoms with Gasteiger partial charge in [0.1, 0.15) is 10.8 Å². The number of rotatable bonds is 3. The number of para-hydroxylation sites is 1. The molecule has 128 valence electrons. The van der Waals surface area contributed by atoms with Gasteiger partial charge in [0.05, 0.1) is 15.8 Å². The largest absolute Gasteiger partial charge is 0.383 e. The third kappa shape index (κ3) is 2.91. The van der Waals surface area contributed by atoms with E-state index in [-0.39, 0.29) is 5.91 Å². The number of aromatic nitrogens is 2. The van der Waals surface area contributed by atoms with E-state index in [9.17, 15) is 4.79 Å². The normalized spacial score (nSPS) is 10.8. The van der Waals surface area contributed by atoms with Crippen LogP contribution in [0.1, 0.15) is 10.4 Å². The molecule has 0 fully saturated rings. The molecule has 4 rings (SSSR count). The van der Waals surface area contributed by atoms with E-state index in [1.807, 2.05) is 48.5 Å². The number of amides is 1. The lowest BCUT2D eigenvalue weighted by molar-refractivity contribution is 0.0963. The lowest BCUT2D eigenvalue weighted by atomic mass is 10.0. The summed E-state index contributed by atoms with van der Waals surface area (Å²) in [5.74, 6) is 0.317. The maximum atomic E-state index is 11.9. The van der Waals surface area contributed by atoms with Gasteiger partial charge in [-0.25, -0.2) is 9.97 Å². The summed E-state index contributed by atoms with van der Waals surface area (Å²) in [4.78, 5) is 20.9. The summed E-state index contributed by atoms with van der Waals surface area (Å²) >= 11 is 1.58. The zero-order valence-electron chi connectivity index (χ0n) is 14.1. The van der Waals surface area contributed by atoms with Gasteiger partial charge in [-0.15, -0.1) is 11.3 Å². The van der Waals surface area contributed by atoms with E-state index in [1.54, 1.807) is 30.6 Å². The number of benzene rings is 2. The first-order chi connectivity index (χ1) is 12.7. The van der Waals surface area contributed by atoms with Crippen LogP contribution in [0.2, 0.25) is 0 Å². The Morgan fingerprint density at radius 1 is 1.08 bits per heavy atom. The van der Waals surface area contributed by atoms with Crippen molar-refractivity contribution in [1.29, 1.82) is 0 Å². The van der Waals surface area contributed by atoms with Gasteiger partial charge in [-0.1, -0.05) is 24.3 Å². The molecule has 0 atom stereocenters. The summed E-state index contributed by atoms with van der Waals surface area (Å²) in [6.45, 7) is 0. The second-order valence-electron chi connectivity index (χ2n) is 5.80. The van der Waals surface area contributed by atoms with Crippen molar-refractivity contribution in [2.45, 2.75) is 0 Å². The number of carbonyl (C=O) groups is 1. The molecule has 26 heavy (non-hydrogen) atoms. The number of nitrogens with two attached hydrogens (primary N) is 1. The average Bonchev–Trinajstić information content (AvgIpc) is 3.11. The van der Waals surface area contributed by atoms with Crippen LogP contribution in [0.4, 0.5) is 5.82 Å². The van der Waals surface area contributed by atoms with Crippen LogP contribution in [-0.4, -0.2) is 22.9 Å². The van der Waals surface area contributed by atoms with Crippen molar-refractivity contribution in [2.75, 3.05) is 12.8 Å². The van der Waals surface area contributed by atoms with Crippen molar-refractivity contribution >= 4 is 33.3 Å². The highest BCUT2D eigenvalue weighted by Crippen LogP contribution is 2.35. The molecule has 0 saturated heterocycles. The molecule has 0 bridgehead atoms. The fraction of sp³-hybridized carbons (Fsp3) is 0.0500. The van der Waals surface area contributed by atoms with Crippen LogP contribution in [0.3, 0.4) is 0 Å². The Bertz CT molecular complexity index is 1090. The zero-order valence-corrected chi connectivity index (χ0v) is 14.9. The molecule has 5 nitrogen and oxygen atoms in total. The van der Waals surface area contributed by atoms with E-state index in [0.29, 0.717) is 11.4 Å². The quantitative estimate of drug-likeness (QED) is 0.579. The third-order valence-corrected chi connectivity index (χ3v) is 5.20. The maximum absolute atomic E-state index is 11.9. The zero-order chi connectivity index (χ0) is 18.1. The Hall–Kier alpha value is -3.25. The molecular weight excluding hydrogens is 344 g/mol. The van der Waals surface area contributed by atoms with Gasteiger partial charge >= 0.3 is 0 Å². The molecule has 0 radical (unpaired) electrons. The standard InChI is InChI=1S/C20H16N4OS/c1-22-19(25)13-6-4-5-12(9-13)14-10-15(18(21)23-11-14)20-24-16-7-2-3-8-17(16)26-20/h2-11H,1H3,(H2,21,23)(H,22,25). The molecule has 0 unspecified atom stereocenters. The van der Waals surface area contributed by atoms with Crippen LogP contribution < -0.4 is 11.1 Å². The predicted molar refractivity (Wildman–Crippen MR) is 106 cm³/mol. The molecule has 6 heteroatoms. The summed E-state index contributed by atoms with van der Waals surface area (Å²) in [6, 6.07) is 17.4. The summed E-state index contributed by atoms with van der Waals surface area (Å²) < 4.78 is 1.11. The van der Waals surface area contributed by atoms with Crippen molar-refractivity contribution < 1.29 is 4.79 Å². The molecule has 0 aliphatic heterocycles. The Labute approximate surface area is 154 Å². The van der Waals surface area contributed by atoms with Gasteiger partial charge in [-0.05, 0) is 35.9 Å². The highest BCUT2D eigenvalue weighted by Gasteiger charge is 2.13. The SMILES string of the molecule is CNC(=O)c1cccc(-c2cnc(N)c(-c3nc4ccccc4s3)c2)c1. The molecule has 4 aromatic rings. The Kier molecular flexibility index (Phi) is 4.10. The van der Waals surface area contributed by atoms with Crippen LogP contribution in [0.5, 0.6) is 0 Å². The van der Waals surface area contributed by atoms with Crippen molar-refractivity contribution in [1.82, 2.24) is 15.3 Å². The molecule has 2 aromatic carbocycles. The Balaban J connectivity index is 1.80. The highest BCUT2D eigenvalue weighted by molar-refractivity contribution is 7.21. The van der Waals surface area contributed by atoms with E-state index in [1.165, 1.54) is 0 Å². The van der Waals surface area contributed by atoms with Crippen LogP contribution in [-0.2, 0) is 0 Å². The number of nitrogens with one attached hydrogen (secondary N) is 1. The number of carbonyl (C=O) groups excluding carboxylic acids is 1. The van der Waals surface area contributed by atoms with Crippen molar-refractivity contribution in [3.8, 4) is 21.7 Å². The molecule has 1 amide bonds. The second kappa shape index (κ2) is 6.57. The predicted octanol–water partition coefficient (Wildman–Crippen LogP) is 3.97. The van der Waals surface area contributed by atoms with Gasteiger partial charge in [0.25, 0.3) is 5.91 Å². The lowest BCUT2D eigenvalue weighted by Gasteiger charge is -2.08. The van der Waals surface area contributed by atoms with E-state index >= 15 is 0 Å². The van der Waals surface area contributed by atoms with Crippen molar-refractivity contribution in [3.05, 3.63) is 66.4 Å². The van der Waals surface area contributed by atoms with Crippen LogP contribution in [0.25, 0.3) is 31.9 Å². The first-order valence-electron chi connectivity index (χ1n) is 8.09. The van der Waals surface area contributed by atoms with Gasteiger partial charge in [-0.2, -0.15) is 0 Å². The fourth-order valence-electron chi connectivity index (χ4n) is 2.78. The molecule has 0 aliphatic carbocycles. The van der Waals surface area contributed by atoms with Crippen molar-refractivity contribution in [2.24, 2.45) is 0 Å². The first-order valence-corrected chi connectivity index (χ1v) is 8.91. The molecule has 3 N–H and O–H groups in total. The second-order valence-corrected chi connectivity index (χ2v) is 6.83. The van der Waals surface area contributed by atoms with E-state index in [2.05, 4.69) is 15.3 Å². The molecule has 0 saturated carbocycles. The summed E-state index contributed by atoms with van der Waals surface area (Å²) in [5, 5.41) is 3.47. The number of pyridine rings is 1. The molecule has 2 heterocycles. The number of nitrogens with zero attached hydrogens (tertiary/aromatic N) is 2. The molecule has 0 spiro atoms. The number of hydrogen-bond acceptors (Lipinski definition) is 5. The monoisotopic (exact) mass is 360 g/mol. The summed E-state index contributed by atoms with van der Waals surface area (Å²) in [6.07, 6.45) is 1.72. The minimum absolute atomic E-state index is 0.123. The van der Waals surface area contributed by atoms with E-state index in [4.69, 9.17) is 5.73 Å². The molecular formula is C20H16N4OS. The molecule has 2 aromatic heterocycles. The van der Waals surface area contributed by atoms with Crippen molar-refractivity contribution in [3.63, 3.8) is 0 Å². The van der Waals surface area contributed by atoms with Gasteiger partial charge in [0.2, 0.25) is 0 Å². The number of anilines is 1. The summed E-state index contributed by atoms with van der Waals surface area (Å²) in [5.41, 5.74) is 10.2. The number of fused-ring (bicyclic) bond motifs is 1. The smallest absolute Gasteiger partial charge is 0.251 e. The Morgan fingerprint density at radius 2 is 1.92 bits per heavy atom. The lowest BCUT2D eigenvalue weighted by Crippen LogP contribution is -2.17. The van der Waals surface area contributed by atoms with Gasteiger partial charge in [-0.3, -0.25) is 4.79 Å². The average molecular weight is 360 g/mol. The first kappa shape index (κ1) is 16.2. The summed E-state index contributed by atoms with van der Waals surface area (Å²) in [7, 11) is 1.62. The number of hydrogen-bond donors (Lipinski definition) is 2. The highest BCUT2D eigenvalue weighted by atomic mass is 32.1. The fourth-order valence-corrected chi connectivity index (χ4v) is 3.77. The molecule has 0 aliphatic rings. The number of nitrogen functional groups attached to an aromatic ring is 1. The minimum atomic E-state index is -0.123. The van der Waals surface area contributed by atoms with E-state index < -0.39 is 0 Å². The minimum Gasteiger partial charge on any atom is -0.383 e. The van der Waals surface area contributed by atoms with Crippen LogP contribution in [0.15, 0.2) is 60.8 Å². The van der Waals surface area contributed by atoms with Gasteiger partial charge in [0, 0.05) is 24.4 Å². The van der Waals surface area contributed by atoms with E-state index in [0.717, 1.165) is 31.9 Å².